The average molecular weight is 267 g/mol. The van der Waals surface area contributed by atoms with E-state index in [2.05, 4.69) is 10.6 Å². The molecule has 0 unspecified atom stereocenters. The smallest absolute Gasteiger partial charge is 0.311 e. The fraction of sp³-hybridized carbons (Fsp3) is 0.500. The molecule has 98 valence electrons. The molecule has 5 nitrogen and oxygen atoms in total. The molecule has 2 amide bonds. The average Bonchev–Trinajstić information content (AvgIpc) is 2.75. The van der Waals surface area contributed by atoms with E-state index < -0.39 is 11.8 Å². The van der Waals surface area contributed by atoms with Gasteiger partial charge in [0.25, 0.3) is 0 Å². The summed E-state index contributed by atoms with van der Waals surface area (Å²) in [5.74, 6) is -0.933. The molecule has 0 aliphatic carbocycles. The lowest BCUT2D eigenvalue weighted by Gasteiger charge is -2.18. The number of carbonyl (C=O) groups excluding carboxylic acids is 2. The highest BCUT2D eigenvalue weighted by Crippen LogP contribution is 2.05. The van der Waals surface area contributed by atoms with Gasteiger partial charge >= 0.3 is 11.8 Å². The predicted molar refractivity (Wildman–Crippen MR) is 70.2 cm³/mol. The lowest BCUT2D eigenvalue weighted by Crippen LogP contribution is -2.44. The summed E-state index contributed by atoms with van der Waals surface area (Å²) in [6.45, 7) is 3.33. The minimum atomic E-state index is -0.511. The molecule has 0 spiro atoms. The first-order chi connectivity index (χ1) is 8.77. The van der Waals surface area contributed by atoms with Crippen molar-refractivity contribution in [2.75, 3.05) is 26.2 Å². The van der Waals surface area contributed by atoms with E-state index in [0.717, 1.165) is 25.1 Å². The van der Waals surface area contributed by atoms with Gasteiger partial charge in [0.15, 0.2) is 0 Å². The van der Waals surface area contributed by atoms with E-state index in [1.165, 1.54) is 0 Å². The molecule has 1 aromatic heterocycles. The van der Waals surface area contributed by atoms with Crippen LogP contribution in [0.25, 0.3) is 0 Å². The van der Waals surface area contributed by atoms with Crippen LogP contribution in [0.1, 0.15) is 12.0 Å². The second-order valence-corrected chi connectivity index (χ2v) is 4.99. The third kappa shape index (κ3) is 3.54. The van der Waals surface area contributed by atoms with E-state index in [1.807, 2.05) is 16.8 Å². The third-order valence-corrected chi connectivity index (χ3v) is 3.59. The fourth-order valence-corrected chi connectivity index (χ4v) is 2.51. The van der Waals surface area contributed by atoms with Crippen LogP contribution < -0.4 is 10.6 Å². The molecule has 2 heterocycles. The SMILES string of the molecule is O=C(NCc1ccsc1)C(=O)N1CCCNCC1. The highest BCUT2D eigenvalue weighted by atomic mass is 32.1. The van der Waals surface area contributed by atoms with Crippen molar-refractivity contribution in [3.05, 3.63) is 22.4 Å². The van der Waals surface area contributed by atoms with E-state index in [0.29, 0.717) is 19.6 Å². The van der Waals surface area contributed by atoms with Crippen LogP contribution in [0.15, 0.2) is 16.8 Å². The van der Waals surface area contributed by atoms with Crippen LogP contribution in [0.3, 0.4) is 0 Å². The van der Waals surface area contributed by atoms with Crippen molar-refractivity contribution >= 4 is 23.2 Å². The first-order valence-corrected chi connectivity index (χ1v) is 7.00. The molecule has 6 heteroatoms. The van der Waals surface area contributed by atoms with Gasteiger partial charge in [-0.05, 0) is 35.4 Å². The van der Waals surface area contributed by atoms with E-state index in [-0.39, 0.29) is 0 Å². The van der Waals surface area contributed by atoms with E-state index in [4.69, 9.17) is 0 Å². The third-order valence-electron chi connectivity index (χ3n) is 2.85. The molecule has 0 radical (unpaired) electrons. The minimum Gasteiger partial charge on any atom is -0.344 e. The highest BCUT2D eigenvalue weighted by Gasteiger charge is 2.21. The number of hydrogen-bond donors (Lipinski definition) is 2. The van der Waals surface area contributed by atoms with Crippen molar-refractivity contribution in [2.24, 2.45) is 0 Å². The van der Waals surface area contributed by atoms with Gasteiger partial charge in [0.1, 0.15) is 0 Å². The molecular formula is C12H17N3O2S. The van der Waals surface area contributed by atoms with Crippen molar-refractivity contribution in [3.8, 4) is 0 Å². The number of rotatable bonds is 2. The Labute approximate surface area is 110 Å². The van der Waals surface area contributed by atoms with Crippen LogP contribution in [-0.2, 0) is 16.1 Å². The van der Waals surface area contributed by atoms with Crippen molar-refractivity contribution < 1.29 is 9.59 Å². The quantitative estimate of drug-likeness (QED) is 0.752. The van der Waals surface area contributed by atoms with Crippen molar-refractivity contribution in [1.29, 1.82) is 0 Å². The van der Waals surface area contributed by atoms with E-state index in [9.17, 15) is 9.59 Å². The topological polar surface area (TPSA) is 61.4 Å². The Kier molecular flexibility index (Phi) is 4.72. The van der Waals surface area contributed by atoms with Crippen LogP contribution in [0, 0.1) is 0 Å². The number of thiophene rings is 1. The molecule has 18 heavy (non-hydrogen) atoms. The number of nitrogens with one attached hydrogen (secondary N) is 2. The summed E-state index contributed by atoms with van der Waals surface area (Å²) in [6, 6.07) is 1.94. The van der Waals surface area contributed by atoms with Gasteiger partial charge < -0.3 is 15.5 Å². The van der Waals surface area contributed by atoms with Crippen LogP contribution in [0.4, 0.5) is 0 Å². The lowest BCUT2D eigenvalue weighted by molar-refractivity contribution is -0.145. The molecule has 1 aliphatic rings. The van der Waals surface area contributed by atoms with Crippen molar-refractivity contribution in [1.82, 2.24) is 15.5 Å². The Hall–Kier alpha value is -1.40. The monoisotopic (exact) mass is 267 g/mol. The minimum absolute atomic E-state index is 0.417. The number of carbonyl (C=O) groups is 2. The molecule has 0 atom stereocenters. The Morgan fingerprint density at radius 1 is 1.39 bits per heavy atom. The van der Waals surface area contributed by atoms with Crippen LogP contribution >= 0.6 is 11.3 Å². The second kappa shape index (κ2) is 6.51. The molecule has 0 aromatic carbocycles. The molecule has 2 N–H and O–H groups in total. The molecule has 1 saturated heterocycles. The summed E-state index contributed by atoms with van der Waals surface area (Å²) >= 11 is 1.58. The standard InChI is InChI=1S/C12H17N3O2S/c16-11(14-8-10-2-7-18-9-10)12(17)15-5-1-3-13-4-6-15/h2,7,9,13H,1,3-6,8H2,(H,14,16). The van der Waals surface area contributed by atoms with Crippen molar-refractivity contribution in [3.63, 3.8) is 0 Å². The van der Waals surface area contributed by atoms with Crippen molar-refractivity contribution in [2.45, 2.75) is 13.0 Å². The van der Waals surface area contributed by atoms with E-state index in [1.54, 1.807) is 16.2 Å². The van der Waals surface area contributed by atoms with Gasteiger partial charge in [0.2, 0.25) is 0 Å². The molecule has 0 saturated carbocycles. The van der Waals surface area contributed by atoms with Gasteiger partial charge in [-0.1, -0.05) is 0 Å². The summed E-state index contributed by atoms with van der Waals surface area (Å²) in [4.78, 5) is 25.2. The van der Waals surface area contributed by atoms with Gasteiger partial charge in [0.05, 0.1) is 0 Å². The van der Waals surface area contributed by atoms with Gasteiger partial charge in [-0.2, -0.15) is 11.3 Å². The van der Waals surface area contributed by atoms with Gasteiger partial charge in [-0.25, -0.2) is 0 Å². The molecule has 1 aromatic rings. The summed E-state index contributed by atoms with van der Waals surface area (Å²) < 4.78 is 0. The first-order valence-electron chi connectivity index (χ1n) is 6.06. The summed E-state index contributed by atoms with van der Waals surface area (Å²) in [6.07, 6.45) is 0.892. The molecule has 2 rings (SSSR count). The Morgan fingerprint density at radius 3 is 3.06 bits per heavy atom. The highest BCUT2D eigenvalue weighted by molar-refractivity contribution is 7.07. The largest absolute Gasteiger partial charge is 0.344 e. The van der Waals surface area contributed by atoms with E-state index >= 15 is 0 Å². The fourth-order valence-electron chi connectivity index (χ4n) is 1.84. The maximum atomic E-state index is 11.9. The predicted octanol–water partition coefficient (Wildman–Crippen LogP) is 0.186. The normalized spacial score (nSPS) is 16.1. The molecular weight excluding hydrogens is 250 g/mol. The van der Waals surface area contributed by atoms with Crippen LogP contribution in [-0.4, -0.2) is 42.9 Å². The maximum absolute atomic E-state index is 11.9. The number of hydrogen-bond acceptors (Lipinski definition) is 4. The second-order valence-electron chi connectivity index (χ2n) is 4.21. The van der Waals surface area contributed by atoms with Gasteiger partial charge in [0, 0.05) is 26.2 Å². The zero-order valence-corrected chi connectivity index (χ0v) is 11.0. The number of nitrogens with zero attached hydrogens (tertiary/aromatic N) is 1. The number of amides is 2. The Morgan fingerprint density at radius 2 is 2.28 bits per heavy atom. The molecule has 0 bridgehead atoms. The maximum Gasteiger partial charge on any atom is 0.311 e. The van der Waals surface area contributed by atoms with Gasteiger partial charge in [-0.3, -0.25) is 9.59 Å². The zero-order chi connectivity index (χ0) is 12.8. The molecule has 1 aliphatic heterocycles. The lowest BCUT2D eigenvalue weighted by atomic mass is 10.3. The summed E-state index contributed by atoms with van der Waals surface area (Å²) in [5.41, 5.74) is 1.03. The van der Waals surface area contributed by atoms with Crippen LogP contribution in [0.5, 0.6) is 0 Å². The first kappa shape index (κ1) is 13.0. The summed E-state index contributed by atoms with van der Waals surface area (Å²) in [5, 5.41) is 9.77. The summed E-state index contributed by atoms with van der Waals surface area (Å²) in [7, 11) is 0. The Balaban J connectivity index is 1.82. The van der Waals surface area contributed by atoms with Gasteiger partial charge in [-0.15, -0.1) is 0 Å². The Bertz CT molecular complexity index is 397. The molecule has 1 fully saturated rings. The van der Waals surface area contributed by atoms with Crippen LogP contribution in [0.2, 0.25) is 0 Å². The zero-order valence-electron chi connectivity index (χ0n) is 10.1.